The van der Waals surface area contributed by atoms with E-state index < -0.39 is 6.10 Å². The topological polar surface area (TPSA) is 49.7 Å². The van der Waals surface area contributed by atoms with E-state index in [0.717, 1.165) is 0 Å². The van der Waals surface area contributed by atoms with Crippen LogP contribution in [0.1, 0.15) is 6.92 Å². The van der Waals surface area contributed by atoms with Crippen LogP contribution in [-0.4, -0.2) is 29.0 Å². The minimum atomic E-state index is -0.481. The predicted octanol–water partition coefficient (Wildman–Crippen LogP) is -0.112. The Morgan fingerprint density at radius 2 is 2.30 bits per heavy atom. The number of aliphatic hydroxyl groups is 2. The third-order valence-corrected chi connectivity index (χ3v) is 1.83. The molecule has 2 N–H and O–H groups in total. The molecule has 3 atom stereocenters. The highest BCUT2D eigenvalue weighted by Crippen LogP contribution is 2.17. The predicted molar refractivity (Wildman–Crippen MR) is 36.3 cm³/mol. The molecule has 0 bridgehead atoms. The average Bonchev–Trinajstić information content (AvgIpc) is 1.95. The maximum atomic E-state index is 9.20. The number of hydrogen-bond acceptors (Lipinski definition) is 3. The van der Waals surface area contributed by atoms with Crippen molar-refractivity contribution in [2.45, 2.75) is 19.1 Å². The van der Waals surface area contributed by atoms with E-state index in [2.05, 4.69) is 0 Å². The quantitative estimate of drug-likeness (QED) is 0.539. The summed E-state index contributed by atoms with van der Waals surface area (Å²) >= 11 is 0. The number of rotatable bonds is 1. The molecular weight excluding hydrogens is 132 g/mol. The van der Waals surface area contributed by atoms with Gasteiger partial charge in [-0.05, 0) is 6.08 Å². The fourth-order valence-corrected chi connectivity index (χ4v) is 0.955. The third kappa shape index (κ3) is 1.30. The molecule has 0 aromatic carbocycles. The van der Waals surface area contributed by atoms with E-state index in [1.807, 2.05) is 6.92 Å². The molecule has 1 heterocycles. The first-order chi connectivity index (χ1) is 4.75. The average molecular weight is 144 g/mol. The first-order valence-corrected chi connectivity index (χ1v) is 3.36. The van der Waals surface area contributed by atoms with Gasteiger partial charge in [0.05, 0.1) is 19.0 Å². The van der Waals surface area contributed by atoms with Gasteiger partial charge in [0.1, 0.15) is 6.10 Å². The van der Waals surface area contributed by atoms with Gasteiger partial charge < -0.3 is 14.9 Å². The van der Waals surface area contributed by atoms with Crippen LogP contribution in [0.2, 0.25) is 0 Å². The highest BCUT2D eigenvalue weighted by Gasteiger charge is 2.25. The Balaban J connectivity index is 2.56. The summed E-state index contributed by atoms with van der Waals surface area (Å²) in [5, 5.41) is 17.9. The molecule has 58 valence electrons. The van der Waals surface area contributed by atoms with E-state index in [4.69, 9.17) is 9.84 Å². The maximum Gasteiger partial charge on any atom is 0.126 e. The monoisotopic (exact) mass is 144 g/mol. The Hall–Kier alpha value is -0.540. The second-order valence-corrected chi connectivity index (χ2v) is 2.54. The Morgan fingerprint density at radius 3 is 2.80 bits per heavy atom. The van der Waals surface area contributed by atoms with Crippen LogP contribution in [0.5, 0.6) is 0 Å². The van der Waals surface area contributed by atoms with Gasteiger partial charge in [0.25, 0.3) is 0 Å². The van der Waals surface area contributed by atoms with Gasteiger partial charge in [-0.15, -0.1) is 0 Å². The fourth-order valence-electron chi connectivity index (χ4n) is 0.955. The van der Waals surface area contributed by atoms with Crippen LogP contribution in [0, 0.1) is 5.92 Å². The van der Waals surface area contributed by atoms with Crippen molar-refractivity contribution < 1.29 is 14.9 Å². The number of hydrogen-bond donors (Lipinski definition) is 2. The van der Waals surface area contributed by atoms with Crippen LogP contribution >= 0.6 is 0 Å². The van der Waals surface area contributed by atoms with Crippen molar-refractivity contribution >= 4 is 0 Å². The molecule has 1 aliphatic rings. The van der Waals surface area contributed by atoms with E-state index in [0.29, 0.717) is 0 Å². The van der Waals surface area contributed by atoms with Crippen LogP contribution < -0.4 is 0 Å². The molecule has 0 saturated carbocycles. The molecule has 0 fully saturated rings. The summed E-state index contributed by atoms with van der Waals surface area (Å²) in [7, 11) is 0. The van der Waals surface area contributed by atoms with Gasteiger partial charge in [-0.2, -0.15) is 0 Å². The van der Waals surface area contributed by atoms with Crippen molar-refractivity contribution in [1.29, 1.82) is 0 Å². The van der Waals surface area contributed by atoms with Gasteiger partial charge in [-0.3, -0.25) is 0 Å². The molecule has 3 nitrogen and oxygen atoms in total. The summed E-state index contributed by atoms with van der Waals surface area (Å²) in [6.45, 7) is 1.80. The summed E-state index contributed by atoms with van der Waals surface area (Å²) < 4.78 is 5.02. The SMILES string of the molecule is C[C@H]1[C@H](O)C=CO[C@@H]1CO. The molecule has 0 saturated heterocycles. The van der Waals surface area contributed by atoms with E-state index in [9.17, 15) is 5.11 Å². The maximum absolute atomic E-state index is 9.20. The van der Waals surface area contributed by atoms with Gasteiger partial charge >= 0.3 is 0 Å². The van der Waals surface area contributed by atoms with Gasteiger partial charge in [0, 0.05) is 5.92 Å². The molecule has 0 radical (unpaired) electrons. The van der Waals surface area contributed by atoms with Crippen molar-refractivity contribution in [3.05, 3.63) is 12.3 Å². The zero-order chi connectivity index (χ0) is 7.56. The van der Waals surface area contributed by atoms with Crippen LogP contribution in [-0.2, 0) is 4.74 Å². The molecule has 0 aliphatic carbocycles. The van der Waals surface area contributed by atoms with Crippen LogP contribution in [0.4, 0.5) is 0 Å². The number of aliphatic hydroxyl groups excluding tert-OH is 2. The summed E-state index contributed by atoms with van der Waals surface area (Å²) in [5.41, 5.74) is 0. The molecule has 0 unspecified atom stereocenters. The van der Waals surface area contributed by atoms with E-state index in [-0.39, 0.29) is 18.6 Å². The number of ether oxygens (including phenoxy) is 1. The molecule has 0 spiro atoms. The van der Waals surface area contributed by atoms with Crippen molar-refractivity contribution in [2.24, 2.45) is 5.92 Å². The second kappa shape index (κ2) is 3.03. The highest BCUT2D eigenvalue weighted by atomic mass is 16.5. The standard InChI is InChI=1S/C7H12O3/c1-5-6(9)2-3-10-7(5)4-8/h2-3,5-9H,4H2,1H3/t5-,6+,7+/m0/s1. The van der Waals surface area contributed by atoms with Crippen molar-refractivity contribution in [2.75, 3.05) is 6.61 Å². The van der Waals surface area contributed by atoms with Gasteiger partial charge in [0.2, 0.25) is 0 Å². The molecule has 0 amide bonds. The summed E-state index contributed by atoms with van der Waals surface area (Å²) in [5.74, 6) is -0.0185. The van der Waals surface area contributed by atoms with Crippen molar-refractivity contribution in [3.63, 3.8) is 0 Å². The lowest BCUT2D eigenvalue weighted by Crippen LogP contribution is -2.35. The molecule has 0 aromatic rings. The Bertz CT molecular complexity index is 133. The molecule has 1 rings (SSSR count). The van der Waals surface area contributed by atoms with E-state index in [1.54, 1.807) is 6.08 Å². The fraction of sp³-hybridized carbons (Fsp3) is 0.714. The summed E-state index contributed by atoms with van der Waals surface area (Å²) in [6.07, 6.45) is 2.29. The largest absolute Gasteiger partial charge is 0.495 e. The van der Waals surface area contributed by atoms with Gasteiger partial charge in [-0.1, -0.05) is 6.92 Å². The Kier molecular flexibility index (Phi) is 2.29. The van der Waals surface area contributed by atoms with Gasteiger partial charge in [-0.25, -0.2) is 0 Å². The molecule has 10 heavy (non-hydrogen) atoms. The second-order valence-electron chi connectivity index (χ2n) is 2.54. The minimum Gasteiger partial charge on any atom is -0.495 e. The van der Waals surface area contributed by atoms with E-state index >= 15 is 0 Å². The zero-order valence-electron chi connectivity index (χ0n) is 5.90. The first kappa shape index (κ1) is 7.57. The Labute approximate surface area is 59.9 Å². The minimum absolute atomic E-state index is 0.0185. The van der Waals surface area contributed by atoms with Gasteiger partial charge in [0.15, 0.2) is 0 Å². The lowest BCUT2D eigenvalue weighted by Gasteiger charge is -2.27. The van der Waals surface area contributed by atoms with Crippen LogP contribution in [0.25, 0.3) is 0 Å². The first-order valence-electron chi connectivity index (χ1n) is 3.36. The Morgan fingerprint density at radius 1 is 1.60 bits per heavy atom. The molecular formula is C7H12O3. The lowest BCUT2D eigenvalue weighted by atomic mass is 9.97. The normalized spacial score (nSPS) is 39.3. The van der Waals surface area contributed by atoms with Crippen molar-refractivity contribution in [1.82, 2.24) is 0 Å². The molecule has 3 heteroatoms. The zero-order valence-corrected chi connectivity index (χ0v) is 5.90. The van der Waals surface area contributed by atoms with Crippen molar-refractivity contribution in [3.8, 4) is 0 Å². The van der Waals surface area contributed by atoms with Crippen LogP contribution in [0.3, 0.4) is 0 Å². The molecule has 0 aromatic heterocycles. The molecule has 1 aliphatic heterocycles. The highest BCUT2D eigenvalue weighted by molar-refractivity contribution is 4.94. The van der Waals surface area contributed by atoms with E-state index in [1.165, 1.54) is 6.26 Å². The third-order valence-electron chi connectivity index (χ3n) is 1.83. The van der Waals surface area contributed by atoms with Crippen LogP contribution in [0.15, 0.2) is 12.3 Å². The smallest absolute Gasteiger partial charge is 0.126 e. The summed E-state index contributed by atoms with van der Waals surface area (Å²) in [4.78, 5) is 0. The summed E-state index contributed by atoms with van der Waals surface area (Å²) in [6, 6.07) is 0. The lowest BCUT2D eigenvalue weighted by molar-refractivity contribution is -0.0190.